The molecule has 0 aliphatic carbocycles. The molecule has 2 aromatic heterocycles. The van der Waals surface area contributed by atoms with E-state index in [1.807, 2.05) is 18.3 Å². The quantitative estimate of drug-likeness (QED) is 0.690. The van der Waals surface area contributed by atoms with Gasteiger partial charge in [-0.2, -0.15) is 0 Å². The van der Waals surface area contributed by atoms with Crippen LogP contribution in [0.25, 0.3) is 10.4 Å². The molecular weight excluding hydrogens is 381 g/mol. The predicted octanol–water partition coefficient (Wildman–Crippen LogP) is 3.56. The SMILES string of the molecule is COCC1(CNC(=O)c2c[nH]cc2-c2ccc(Cl)s2)CCNCC1.Cl. The van der Waals surface area contributed by atoms with E-state index < -0.39 is 0 Å². The van der Waals surface area contributed by atoms with E-state index in [2.05, 4.69) is 15.6 Å². The summed E-state index contributed by atoms with van der Waals surface area (Å²) in [6.45, 7) is 3.21. The Hall–Kier alpha value is -1.05. The zero-order valence-electron chi connectivity index (χ0n) is 14.1. The zero-order valence-corrected chi connectivity index (χ0v) is 16.5. The second-order valence-corrected chi connectivity index (χ2v) is 7.97. The van der Waals surface area contributed by atoms with Crippen molar-refractivity contribution in [3.63, 3.8) is 0 Å². The Labute approximate surface area is 162 Å². The predicted molar refractivity (Wildman–Crippen MR) is 105 cm³/mol. The van der Waals surface area contributed by atoms with Gasteiger partial charge in [-0.15, -0.1) is 23.7 Å². The number of methoxy groups -OCH3 is 1. The molecule has 3 heterocycles. The molecule has 25 heavy (non-hydrogen) atoms. The molecule has 3 rings (SSSR count). The number of carbonyl (C=O) groups excluding carboxylic acids is 1. The minimum absolute atomic E-state index is 0. The van der Waals surface area contributed by atoms with Gasteiger partial charge in [-0.25, -0.2) is 0 Å². The van der Waals surface area contributed by atoms with Crippen LogP contribution in [-0.4, -0.2) is 44.2 Å². The van der Waals surface area contributed by atoms with Crippen LogP contribution >= 0.6 is 35.3 Å². The Balaban J connectivity index is 0.00000225. The molecule has 2 aromatic rings. The van der Waals surface area contributed by atoms with Crippen molar-refractivity contribution in [2.24, 2.45) is 5.41 Å². The largest absolute Gasteiger partial charge is 0.384 e. The highest BCUT2D eigenvalue weighted by Gasteiger charge is 2.32. The molecular formula is C17H23Cl2N3O2S. The summed E-state index contributed by atoms with van der Waals surface area (Å²) in [5.74, 6) is -0.0650. The van der Waals surface area contributed by atoms with Crippen LogP contribution in [0.5, 0.6) is 0 Å². The van der Waals surface area contributed by atoms with Crippen molar-refractivity contribution >= 4 is 41.3 Å². The van der Waals surface area contributed by atoms with Gasteiger partial charge in [0.2, 0.25) is 0 Å². The van der Waals surface area contributed by atoms with Crippen LogP contribution in [0.15, 0.2) is 24.5 Å². The first kappa shape index (κ1) is 20.3. The molecule has 1 aliphatic rings. The van der Waals surface area contributed by atoms with Gasteiger partial charge < -0.3 is 20.4 Å². The van der Waals surface area contributed by atoms with E-state index in [9.17, 15) is 4.79 Å². The summed E-state index contributed by atoms with van der Waals surface area (Å²) in [7, 11) is 1.72. The molecule has 8 heteroatoms. The number of rotatable bonds is 6. The van der Waals surface area contributed by atoms with Gasteiger partial charge in [0.1, 0.15) is 0 Å². The second-order valence-electron chi connectivity index (χ2n) is 6.25. The van der Waals surface area contributed by atoms with E-state index in [4.69, 9.17) is 16.3 Å². The van der Waals surface area contributed by atoms with E-state index in [0.717, 1.165) is 36.4 Å². The number of thiophene rings is 1. The Morgan fingerprint density at radius 2 is 2.12 bits per heavy atom. The number of carbonyl (C=O) groups is 1. The fraction of sp³-hybridized carbons (Fsp3) is 0.471. The lowest BCUT2D eigenvalue weighted by Crippen LogP contribution is -2.47. The number of hydrogen-bond donors (Lipinski definition) is 3. The Morgan fingerprint density at radius 3 is 2.76 bits per heavy atom. The van der Waals surface area contributed by atoms with Crippen molar-refractivity contribution in [3.8, 4) is 10.4 Å². The molecule has 1 amide bonds. The van der Waals surface area contributed by atoms with Gasteiger partial charge in [0.25, 0.3) is 5.91 Å². The van der Waals surface area contributed by atoms with Crippen molar-refractivity contribution < 1.29 is 9.53 Å². The van der Waals surface area contributed by atoms with E-state index in [0.29, 0.717) is 23.1 Å². The van der Waals surface area contributed by atoms with Gasteiger partial charge in [-0.3, -0.25) is 4.79 Å². The van der Waals surface area contributed by atoms with Crippen LogP contribution < -0.4 is 10.6 Å². The minimum atomic E-state index is -0.0650. The average molecular weight is 404 g/mol. The van der Waals surface area contributed by atoms with E-state index in [-0.39, 0.29) is 23.7 Å². The van der Waals surface area contributed by atoms with Crippen LogP contribution in [0.2, 0.25) is 4.34 Å². The number of nitrogens with one attached hydrogen (secondary N) is 3. The molecule has 0 spiro atoms. The van der Waals surface area contributed by atoms with Crippen molar-refractivity contribution in [1.29, 1.82) is 0 Å². The lowest BCUT2D eigenvalue weighted by molar-refractivity contribution is 0.0512. The maximum Gasteiger partial charge on any atom is 0.253 e. The zero-order chi connectivity index (χ0) is 17.0. The summed E-state index contributed by atoms with van der Waals surface area (Å²) >= 11 is 7.48. The Morgan fingerprint density at radius 1 is 1.36 bits per heavy atom. The number of piperidine rings is 1. The van der Waals surface area contributed by atoms with Gasteiger partial charge >= 0.3 is 0 Å². The number of amides is 1. The summed E-state index contributed by atoms with van der Waals surface area (Å²) in [5, 5.41) is 6.46. The van der Waals surface area contributed by atoms with Crippen molar-refractivity contribution in [3.05, 3.63) is 34.4 Å². The van der Waals surface area contributed by atoms with Gasteiger partial charge in [0.05, 0.1) is 16.5 Å². The van der Waals surface area contributed by atoms with E-state index in [1.165, 1.54) is 11.3 Å². The molecule has 0 atom stereocenters. The summed E-state index contributed by atoms with van der Waals surface area (Å²) in [4.78, 5) is 16.7. The van der Waals surface area contributed by atoms with Crippen molar-refractivity contribution in [2.75, 3.05) is 33.4 Å². The van der Waals surface area contributed by atoms with E-state index >= 15 is 0 Å². The lowest BCUT2D eigenvalue weighted by Gasteiger charge is -2.37. The summed E-state index contributed by atoms with van der Waals surface area (Å²) in [6, 6.07) is 3.78. The monoisotopic (exact) mass is 403 g/mol. The van der Waals surface area contributed by atoms with Gasteiger partial charge in [0.15, 0.2) is 0 Å². The smallest absolute Gasteiger partial charge is 0.253 e. The molecule has 0 unspecified atom stereocenters. The molecule has 3 N–H and O–H groups in total. The number of ether oxygens (including phenoxy) is 1. The maximum absolute atomic E-state index is 12.7. The van der Waals surface area contributed by atoms with Crippen molar-refractivity contribution in [2.45, 2.75) is 12.8 Å². The lowest BCUT2D eigenvalue weighted by atomic mass is 9.79. The molecule has 0 bridgehead atoms. The van der Waals surface area contributed by atoms with Gasteiger partial charge in [-0.05, 0) is 38.1 Å². The highest BCUT2D eigenvalue weighted by molar-refractivity contribution is 7.19. The summed E-state index contributed by atoms with van der Waals surface area (Å²) in [5.41, 5.74) is 1.55. The first-order valence-electron chi connectivity index (χ1n) is 8.04. The maximum atomic E-state index is 12.7. The number of halogens is 2. The molecule has 5 nitrogen and oxygen atoms in total. The third-order valence-corrected chi connectivity index (χ3v) is 5.83. The summed E-state index contributed by atoms with van der Waals surface area (Å²) < 4.78 is 6.12. The van der Waals surface area contributed by atoms with Gasteiger partial charge in [-0.1, -0.05) is 11.6 Å². The standard InChI is InChI=1S/C17H22ClN3O2S.ClH/c1-23-11-17(4-6-19-7-5-17)10-21-16(22)13-9-20-8-12(13)14-2-3-15(18)24-14;/h2-3,8-9,19-20H,4-7,10-11H2,1H3,(H,21,22);1H. The molecule has 0 radical (unpaired) electrons. The highest BCUT2D eigenvalue weighted by Crippen LogP contribution is 2.33. The molecule has 1 saturated heterocycles. The van der Waals surface area contributed by atoms with E-state index in [1.54, 1.807) is 13.3 Å². The topological polar surface area (TPSA) is 66.1 Å². The Bertz CT molecular complexity index is 690. The Kier molecular flexibility index (Phi) is 7.34. The van der Waals surface area contributed by atoms with Crippen LogP contribution in [-0.2, 0) is 4.74 Å². The highest BCUT2D eigenvalue weighted by atomic mass is 35.5. The van der Waals surface area contributed by atoms with Crippen LogP contribution in [0.4, 0.5) is 0 Å². The number of aromatic nitrogens is 1. The first-order chi connectivity index (χ1) is 11.6. The number of hydrogen-bond acceptors (Lipinski definition) is 4. The van der Waals surface area contributed by atoms with Crippen LogP contribution in [0.3, 0.4) is 0 Å². The van der Waals surface area contributed by atoms with Crippen molar-refractivity contribution in [1.82, 2.24) is 15.6 Å². The molecule has 0 saturated carbocycles. The number of aromatic amines is 1. The fourth-order valence-electron chi connectivity index (χ4n) is 3.21. The van der Waals surface area contributed by atoms with Crippen LogP contribution in [0, 0.1) is 5.41 Å². The van der Waals surface area contributed by atoms with Gasteiger partial charge in [0, 0.05) is 41.9 Å². The molecule has 1 fully saturated rings. The van der Waals surface area contributed by atoms with Crippen LogP contribution in [0.1, 0.15) is 23.2 Å². The molecule has 138 valence electrons. The number of H-pyrrole nitrogens is 1. The molecule has 0 aromatic carbocycles. The third kappa shape index (κ3) is 4.77. The second kappa shape index (κ2) is 9.05. The normalized spacial score (nSPS) is 16.2. The average Bonchev–Trinajstić information content (AvgIpc) is 3.22. The fourth-order valence-corrected chi connectivity index (χ4v) is 4.29. The molecule has 1 aliphatic heterocycles. The first-order valence-corrected chi connectivity index (χ1v) is 9.23. The summed E-state index contributed by atoms with van der Waals surface area (Å²) in [6.07, 6.45) is 5.58. The minimum Gasteiger partial charge on any atom is -0.384 e. The third-order valence-electron chi connectivity index (χ3n) is 4.57.